The number of carbonyl (C=O) groups excluding carboxylic acids is 1. The van der Waals surface area contributed by atoms with Crippen molar-refractivity contribution in [1.82, 2.24) is 9.88 Å². The van der Waals surface area contributed by atoms with Gasteiger partial charge in [0.2, 0.25) is 0 Å². The number of aromatic amines is 1. The Kier molecular flexibility index (Phi) is 4.64. The highest BCUT2D eigenvalue weighted by molar-refractivity contribution is 8.18. The van der Waals surface area contributed by atoms with Crippen molar-refractivity contribution in [3.05, 3.63) is 46.0 Å². The second-order valence-electron chi connectivity index (χ2n) is 5.17. The molecule has 0 spiro atoms. The normalized spacial score (nSPS) is 18.2. The topological polar surface area (TPSA) is 85.8 Å². The van der Waals surface area contributed by atoms with Crippen LogP contribution in [0.5, 0.6) is 0 Å². The number of hydrogen-bond acceptors (Lipinski definition) is 4. The second kappa shape index (κ2) is 6.70. The summed E-state index contributed by atoms with van der Waals surface area (Å²) in [6.07, 6.45) is 3.42. The minimum atomic E-state index is -1.14. The van der Waals surface area contributed by atoms with Crippen molar-refractivity contribution < 1.29 is 14.7 Å². The van der Waals surface area contributed by atoms with Crippen molar-refractivity contribution in [3.63, 3.8) is 0 Å². The summed E-state index contributed by atoms with van der Waals surface area (Å²) in [4.78, 5) is 32.1. The van der Waals surface area contributed by atoms with Crippen LogP contribution in [0.2, 0.25) is 5.02 Å². The first-order valence-corrected chi connectivity index (χ1v) is 8.35. The van der Waals surface area contributed by atoms with Gasteiger partial charge in [-0.15, -0.1) is 0 Å². The fourth-order valence-corrected chi connectivity index (χ4v) is 3.68. The van der Waals surface area contributed by atoms with Gasteiger partial charge in [-0.25, -0.2) is 4.79 Å². The Hall–Kier alpha value is -2.25. The minimum absolute atomic E-state index is 0.171. The van der Waals surface area contributed by atoms with E-state index in [1.807, 2.05) is 24.4 Å². The van der Waals surface area contributed by atoms with E-state index in [4.69, 9.17) is 16.7 Å². The molecule has 0 radical (unpaired) electrons. The number of aliphatic imine (C=N–C) groups is 1. The fourth-order valence-electron chi connectivity index (χ4n) is 2.57. The molecule has 1 aromatic heterocycles. The van der Waals surface area contributed by atoms with Crippen LogP contribution in [0.3, 0.4) is 0 Å². The third-order valence-corrected chi connectivity index (χ3v) is 5.00. The van der Waals surface area contributed by atoms with Crippen LogP contribution in [0.4, 0.5) is 0 Å². The number of carboxylic acids is 1. The molecule has 3 rings (SSSR count). The van der Waals surface area contributed by atoms with Crippen molar-refractivity contribution in [3.8, 4) is 0 Å². The second-order valence-corrected chi connectivity index (χ2v) is 6.61. The molecule has 24 heavy (non-hydrogen) atoms. The van der Waals surface area contributed by atoms with Crippen molar-refractivity contribution in [2.45, 2.75) is 6.42 Å². The molecule has 0 saturated carbocycles. The van der Waals surface area contributed by atoms with Crippen LogP contribution < -0.4 is 0 Å². The van der Waals surface area contributed by atoms with Gasteiger partial charge in [0, 0.05) is 41.8 Å². The highest BCUT2D eigenvalue weighted by Crippen LogP contribution is 2.31. The SMILES string of the molecule is CN=C1S/C(=C/C(=O)O)C(=O)N1CCc1c[nH]c2ccc(Cl)cc12. The third kappa shape index (κ3) is 3.18. The highest BCUT2D eigenvalue weighted by Gasteiger charge is 2.33. The van der Waals surface area contributed by atoms with E-state index in [-0.39, 0.29) is 10.8 Å². The molecule has 1 saturated heterocycles. The summed E-state index contributed by atoms with van der Waals surface area (Å²) in [5.41, 5.74) is 2.02. The van der Waals surface area contributed by atoms with E-state index in [0.717, 1.165) is 34.3 Å². The van der Waals surface area contributed by atoms with Crippen LogP contribution in [0.1, 0.15) is 5.56 Å². The molecular formula is C16H14ClN3O3S. The number of amides is 1. The lowest BCUT2D eigenvalue weighted by Crippen LogP contribution is -2.31. The van der Waals surface area contributed by atoms with Crippen molar-refractivity contribution in [2.75, 3.05) is 13.6 Å². The Morgan fingerprint density at radius 3 is 3.00 bits per heavy atom. The largest absolute Gasteiger partial charge is 0.478 e. The minimum Gasteiger partial charge on any atom is -0.478 e. The number of halogens is 1. The molecule has 1 aliphatic rings. The van der Waals surface area contributed by atoms with E-state index < -0.39 is 5.97 Å². The summed E-state index contributed by atoms with van der Waals surface area (Å²) in [6, 6.07) is 5.61. The summed E-state index contributed by atoms with van der Waals surface area (Å²) >= 11 is 7.12. The number of aromatic nitrogens is 1. The number of nitrogens with zero attached hydrogens (tertiary/aromatic N) is 2. The van der Waals surface area contributed by atoms with Crippen molar-refractivity contribution >= 4 is 51.3 Å². The maximum absolute atomic E-state index is 12.4. The van der Waals surface area contributed by atoms with Crippen LogP contribution in [-0.2, 0) is 16.0 Å². The Labute approximate surface area is 147 Å². The zero-order chi connectivity index (χ0) is 17.3. The number of aliphatic carboxylic acids is 1. The Morgan fingerprint density at radius 2 is 2.29 bits per heavy atom. The molecule has 0 aliphatic carbocycles. The molecule has 6 nitrogen and oxygen atoms in total. The summed E-state index contributed by atoms with van der Waals surface area (Å²) in [5, 5.41) is 11.0. The standard InChI is InChI=1S/C16H14ClN3O3S/c1-18-16-20(15(23)13(24-16)7-14(21)22)5-4-9-8-19-12-3-2-10(17)6-11(9)12/h2-3,6-8,19H,4-5H2,1H3,(H,21,22)/b13-7+,18-16?. The predicted molar refractivity (Wildman–Crippen MR) is 95.4 cm³/mol. The van der Waals surface area contributed by atoms with Gasteiger partial charge in [0.15, 0.2) is 5.17 Å². The van der Waals surface area contributed by atoms with E-state index in [1.54, 1.807) is 7.05 Å². The molecule has 1 amide bonds. The first-order chi connectivity index (χ1) is 11.5. The maximum Gasteiger partial charge on any atom is 0.329 e. The molecule has 0 bridgehead atoms. The van der Waals surface area contributed by atoms with E-state index in [0.29, 0.717) is 23.2 Å². The van der Waals surface area contributed by atoms with Gasteiger partial charge in [0.25, 0.3) is 5.91 Å². The average Bonchev–Trinajstić information content (AvgIpc) is 3.06. The zero-order valence-electron chi connectivity index (χ0n) is 12.7. The number of nitrogens with one attached hydrogen (secondary N) is 1. The zero-order valence-corrected chi connectivity index (χ0v) is 14.3. The summed E-state index contributed by atoms with van der Waals surface area (Å²) in [6.45, 7) is 0.412. The average molecular weight is 364 g/mol. The Balaban J connectivity index is 1.81. The quantitative estimate of drug-likeness (QED) is 0.818. The number of H-pyrrole nitrogens is 1. The number of thioether (sulfide) groups is 1. The summed E-state index contributed by atoms with van der Waals surface area (Å²) < 4.78 is 0. The van der Waals surface area contributed by atoms with Gasteiger partial charge < -0.3 is 10.1 Å². The number of amidine groups is 1. The number of carbonyl (C=O) groups is 2. The fraction of sp³-hybridized carbons (Fsp3) is 0.188. The van der Waals surface area contributed by atoms with Gasteiger partial charge in [-0.2, -0.15) is 0 Å². The lowest BCUT2D eigenvalue weighted by Gasteiger charge is -2.14. The molecule has 0 unspecified atom stereocenters. The molecule has 2 aromatic rings. The van der Waals surface area contributed by atoms with E-state index in [2.05, 4.69) is 9.98 Å². The molecule has 1 aromatic carbocycles. The number of carboxylic acid groups (broad SMARTS) is 1. The molecule has 1 fully saturated rings. The number of fused-ring (bicyclic) bond motifs is 1. The van der Waals surface area contributed by atoms with Crippen LogP contribution in [0.25, 0.3) is 10.9 Å². The molecular weight excluding hydrogens is 350 g/mol. The monoisotopic (exact) mass is 363 g/mol. The molecule has 2 heterocycles. The van der Waals surface area contributed by atoms with Crippen LogP contribution in [0, 0.1) is 0 Å². The van der Waals surface area contributed by atoms with Gasteiger partial charge in [-0.3, -0.25) is 14.7 Å². The van der Waals surface area contributed by atoms with Gasteiger partial charge in [0.05, 0.1) is 4.91 Å². The Bertz CT molecular complexity index is 888. The van der Waals surface area contributed by atoms with Gasteiger partial charge in [0.1, 0.15) is 0 Å². The van der Waals surface area contributed by atoms with E-state index in [9.17, 15) is 9.59 Å². The summed E-state index contributed by atoms with van der Waals surface area (Å²) in [5.74, 6) is -1.48. The first-order valence-electron chi connectivity index (χ1n) is 7.16. The molecule has 0 atom stereocenters. The van der Waals surface area contributed by atoms with E-state index >= 15 is 0 Å². The number of rotatable bonds is 4. The third-order valence-electron chi connectivity index (χ3n) is 3.67. The van der Waals surface area contributed by atoms with Crippen molar-refractivity contribution in [2.24, 2.45) is 4.99 Å². The first kappa shape index (κ1) is 16.6. The van der Waals surface area contributed by atoms with Gasteiger partial charge in [-0.1, -0.05) is 11.6 Å². The van der Waals surface area contributed by atoms with Crippen LogP contribution in [-0.4, -0.2) is 45.6 Å². The van der Waals surface area contributed by atoms with Crippen LogP contribution in [0.15, 0.2) is 40.4 Å². The number of hydrogen-bond donors (Lipinski definition) is 2. The lowest BCUT2D eigenvalue weighted by molar-refractivity contribution is -0.132. The molecule has 2 N–H and O–H groups in total. The van der Waals surface area contributed by atoms with Crippen molar-refractivity contribution in [1.29, 1.82) is 0 Å². The van der Waals surface area contributed by atoms with Crippen LogP contribution >= 0.6 is 23.4 Å². The van der Waals surface area contributed by atoms with E-state index in [1.165, 1.54) is 4.90 Å². The number of benzene rings is 1. The molecule has 8 heteroatoms. The van der Waals surface area contributed by atoms with Gasteiger partial charge in [-0.05, 0) is 41.9 Å². The predicted octanol–water partition coefficient (Wildman–Crippen LogP) is 2.89. The highest BCUT2D eigenvalue weighted by atomic mass is 35.5. The molecule has 124 valence electrons. The maximum atomic E-state index is 12.4. The Morgan fingerprint density at radius 1 is 1.50 bits per heavy atom. The smallest absolute Gasteiger partial charge is 0.329 e. The van der Waals surface area contributed by atoms with Gasteiger partial charge >= 0.3 is 5.97 Å². The molecule has 1 aliphatic heterocycles. The lowest BCUT2D eigenvalue weighted by atomic mass is 10.1. The summed E-state index contributed by atoms with van der Waals surface area (Å²) in [7, 11) is 1.58.